The first-order chi connectivity index (χ1) is 16.6. The number of benzene rings is 2. The second kappa shape index (κ2) is 13.1. The van der Waals surface area contributed by atoms with E-state index in [2.05, 4.69) is 5.32 Å². The maximum Gasteiger partial charge on any atom is 0.322 e. The van der Waals surface area contributed by atoms with E-state index >= 15 is 0 Å². The van der Waals surface area contributed by atoms with Gasteiger partial charge in [0.1, 0.15) is 18.1 Å². The third kappa shape index (κ3) is 7.40. The Morgan fingerprint density at radius 3 is 2.38 bits per heavy atom. The van der Waals surface area contributed by atoms with Gasteiger partial charge in [0.2, 0.25) is 5.91 Å². The van der Waals surface area contributed by atoms with E-state index in [1.807, 2.05) is 74.5 Å². The smallest absolute Gasteiger partial charge is 0.322 e. The quantitative estimate of drug-likeness (QED) is 0.401. The number of ether oxygens (including phenoxy) is 1. The van der Waals surface area contributed by atoms with Crippen molar-refractivity contribution in [3.63, 3.8) is 0 Å². The fraction of sp³-hybridized carbons (Fsp3) is 0.333. The highest BCUT2D eigenvalue weighted by atomic mass is 16.5. The summed E-state index contributed by atoms with van der Waals surface area (Å²) in [6.45, 7) is 5.69. The van der Waals surface area contributed by atoms with Gasteiger partial charge in [0.15, 0.2) is 0 Å². The van der Waals surface area contributed by atoms with Gasteiger partial charge in [-0.3, -0.25) is 4.79 Å². The number of hydrogen-bond donors (Lipinski definition) is 1. The van der Waals surface area contributed by atoms with Gasteiger partial charge < -0.3 is 24.3 Å². The Morgan fingerprint density at radius 1 is 0.912 bits per heavy atom. The summed E-state index contributed by atoms with van der Waals surface area (Å²) in [5, 5.41) is 2.90. The summed E-state index contributed by atoms with van der Waals surface area (Å²) in [6.07, 6.45) is 3.05. The van der Waals surface area contributed by atoms with Crippen LogP contribution in [0.1, 0.15) is 31.6 Å². The van der Waals surface area contributed by atoms with Gasteiger partial charge in [-0.2, -0.15) is 0 Å². The van der Waals surface area contributed by atoms with Crippen LogP contribution in [0.25, 0.3) is 0 Å². The van der Waals surface area contributed by atoms with Crippen molar-refractivity contribution in [2.24, 2.45) is 0 Å². The highest BCUT2D eigenvalue weighted by molar-refractivity contribution is 5.93. The Bertz CT molecular complexity index is 1020. The number of carbonyl (C=O) groups is 2. The number of para-hydroxylation sites is 2. The molecule has 0 saturated heterocycles. The van der Waals surface area contributed by atoms with Gasteiger partial charge >= 0.3 is 6.03 Å². The van der Waals surface area contributed by atoms with Crippen LogP contribution in [-0.4, -0.2) is 48.0 Å². The molecule has 3 aromatic rings. The normalized spacial score (nSPS) is 10.5. The van der Waals surface area contributed by atoms with Gasteiger partial charge in [0, 0.05) is 13.1 Å². The number of urea groups is 1. The zero-order chi connectivity index (χ0) is 24.2. The standard InChI is InChI=1S/C27H33N3O4/c1-3-17-30(27(32)28-24-14-8-9-15-25(24)33-4-2)21-26(31)29(20-23-13-10-19-34-23)18-16-22-11-6-5-7-12-22/h5-15,19H,3-4,16-18,20-21H2,1-2H3,(H,28,32). The minimum atomic E-state index is -0.330. The number of rotatable bonds is 12. The lowest BCUT2D eigenvalue weighted by atomic mass is 10.1. The number of hydrogen-bond acceptors (Lipinski definition) is 4. The maximum atomic E-state index is 13.3. The molecule has 0 atom stereocenters. The average molecular weight is 464 g/mol. The third-order valence-electron chi connectivity index (χ3n) is 5.33. The van der Waals surface area contributed by atoms with Crippen LogP contribution in [0.15, 0.2) is 77.4 Å². The van der Waals surface area contributed by atoms with Crippen LogP contribution in [0.2, 0.25) is 0 Å². The molecule has 1 N–H and O–H groups in total. The van der Waals surface area contributed by atoms with Crippen LogP contribution in [0.3, 0.4) is 0 Å². The van der Waals surface area contributed by atoms with Crippen molar-refractivity contribution in [1.82, 2.24) is 9.80 Å². The molecule has 0 bridgehead atoms. The van der Waals surface area contributed by atoms with Crippen LogP contribution in [0.4, 0.5) is 10.5 Å². The van der Waals surface area contributed by atoms with Crippen molar-refractivity contribution in [1.29, 1.82) is 0 Å². The zero-order valence-corrected chi connectivity index (χ0v) is 19.9. The lowest BCUT2D eigenvalue weighted by Gasteiger charge is -2.27. The minimum absolute atomic E-state index is 0.0219. The molecule has 3 amide bonds. The van der Waals surface area contributed by atoms with Gasteiger partial charge in [0.25, 0.3) is 0 Å². The van der Waals surface area contributed by atoms with Crippen LogP contribution in [0.5, 0.6) is 5.75 Å². The Labute approximate surface area is 201 Å². The highest BCUT2D eigenvalue weighted by Crippen LogP contribution is 2.24. The molecule has 180 valence electrons. The summed E-state index contributed by atoms with van der Waals surface area (Å²) < 4.78 is 11.1. The Kier molecular flexibility index (Phi) is 9.58. The Morgan fingerprint density at radius 2 is 1.68 bits per heavy atom. The van der Waals surface area contributed by atoms with Crippen molar-refractivity contribution in [2.45, 2.75) is 33.2 Å². The van der Waals surface area contributed by atoms with E-state index in [-0.39, 0.29) is 18.5 Å². The van der Waals surface area contributed by atoms with Crippen LogP contribution >= 0.6 is 0 Å². The molecule has 0 aliphatic rings. The number of nitrogens with zero attached hydrogens (tertiary/aromatic N) is 2. The third-order valence-corrected chi connectivity index (χ3v) is 5.33. The number of carbonyl (C=O) groups excluding carboxylic acids is 2. The molecule has 0 aliphatic heterocycles. The molecule has 34 heavy (non-hydrogen) atoms. The largest absolute Gasteiger partial charge is 0.492 e. The molecule has 3 rings (SSSR count). The Balaban J connectivity index is 1.70. The summed E-state index contributed by atoms with van der Waals surface area (Å²) >= 11 is 0. The van der Waals surface area contributed by atoms with Crippen molar-refractivity contribution in [2.75, 3.05) is 31.6 Å². The molecule has 7 nitrogen and oxygen atoms in total. The second-order valence-corrected chi connectivity index (χ2v) is 7.91. The monoisotopic (exact) mass is 463 g/mol. The van der Waals surface area contributed by atoms with E-state index in [1.165, 1.54) is 0 Å². The number of furan rings is 1. The lowest BCUT2D eigenvalue weighted by molar-refractivity contribution is -0.132. The molecule has 0 aliphatic carbocycles. The maximum absolute atomic E-state index is 13.3. The highest BCUT2D eigenvalue weighted by Gasteiger charge is 2.22. The molecule has 1 heterocycles. The summed E-state index contributed by atoms with van der Waals surface area (Å²) in [4.78, 5) is 29.7. The zero-order valence-electron chi connectivity index (χ0n) is 19.9. The first kappa shape index (κ1) is 24.9. The van der Waals surface area contributed by atoms with E-state index < -0.39 is 0 Å². The fourth-order valence-electron chi connectivity index (χ4n) is 3.62. The summed E-state index contributed by atoms with van der Waals surface area (Å²) in [5.74, 6) is 1.18. The molecule has 0 radical (unpaired) electrons. The molecular weight excluding hydrogens is 430 g/mol. The molecule has 2 aromatic carbocycles. The van der Waals surface area contributed by atoms with E-state index in [1.54, 1.807) is 22.1 Å². The van der Waals surface area contributed by atoms with Gasteiger partial charge in [-0.15, -0.1) is 0 Å². The number of anilines is 1. The molecule has 7 heteroatoms. The SMILES string of the molecule is CCCN(CC(=O)N(CCc1ccccc1)Cc1ccco1)C(=O)Nc1ccccc1OCC. The van der Waals surface area contributed by atoms with E-state index in [9.17, 15) is 9.59 Å². The molecule has 0 saturated carbocycles. The van der Waals surface area contributed by atoms with Crippen molar-refractivity contribution in [3.8, 4) is 5.75 Å². The van der Waals surface area contributed by atoms with Gasteiger partial charge in [0.05, 0.1) is 25.1 Å². The van der Waals surface area contributed by atoms with Crippen molar-refractivity contribution in [3.05, 3.63) is 84.3 Å². The predicted octanol–water partition coefficient (Wildman–Crippen LogP) is 5.19. The Hall–Kier alpha value is -3.74. The summed E-state index contributed by atoms with van der Waals surface area (Å²) in [7, 11) is 0. The van der Waals surface area contributed by atoms with Crippen LogP contribution < -0.4 is 10.1 Å². The van der Waals surface area contributed by atoms with Crippen molar-refractivity contribution >= 4 is 17.6 Å². The number of nitrogens with one attached hydrogen (secondary N) is 1. The number of amides is 3. The van der Waals surface area contributed by atoms with Crippen LogP contribution in [0, 0.1) is 0 Å². The minimum Gasteiger partial charge on any atom is -0.492 e. The van der Waals surface area contributed by atoms with E-state index in [0.717, 1.165) is 18.4 Å². The van der Waals surface area contributed by atoms with Gasteiger partial charge in [-0.25, -0.2) is 4.79 Å². The predicted molar refractivity (Wildman–Crippen MR) is 133 cm³/mol. The van der Waals surface area contributed by atoms with Crippen molar-refractivity contribution < 1.29 is 18.7 Å². The van der Waals surface area contributed by atoms with E-state index in [4.69, 9.17) is 9.15 Å². The fourth-order valence-corrected chi connectivity index (χ4v) is 3.62. The average Bonchev–Trinajstić information content (AvgIpc) is 3.36. The first-order valence-electron chi connectivity index (χ1n) is 11.7. The van der Waals surface area contributed by atoms with E-state index in [0.29, 0.717) is 43.4 Å². The summed E-state index contributed by atoms with van der Waals surface area (Å²) in [5.41, 5.74) is 1.73. The second-order valence-electron chi connectivity index (χ2n) is 7.91. The van der Waals surface area contributed by atoms with Gasteiger partial charge in [-0.05, 0) is 49.6 Å². The molecule has 1 aromatic heterocycles. The topological polar surface area (TPSA) is 75.0 Å². The summed E-state index contributed by atoms with van der Waals surface area (Å²) in [6, 6.07) is 20.7. The molecule has 0 unspecified atom stereocenters. The molecule has 0 fully saturated rings. The van der Waals surface area contributed by atoms with Crippen LogP contribution in [-0.2, 0) is 17.8 Å². The van der Waals surface area contributed by atoms with Gasteiger partial charge in [-0.1, -0.05) is 49.4 Å². The first-order valence-corrected chi connectivity index (χ1v) is 11.7. The molecule has 0 spiro atoms. The lowest BCUT2D eigenvalue weighted by Crippen LogP contribution is -2.45. The molecular formula is C27H33N3O4.